The highest BCUT2D eigenvalue weighted by atomic mass is 79.9. The summed E-state index contributed by atoms with van der Waals surface area (Å²) in [4.78, 5) is 0. The zero-order valence-corrected chi connectivity index (χ0v) is 9.72. The van der Waals surface area contributed by atoms with Crippen LogP contribution in [-0.2, 0) is 0 Å². The third kappa shape index (κ3) is 1.70. The highest BCUT2D eigenvalue weighted by Gasteiger charge is 2.11. The first-order valence-electron chi connectivity index (χ1n) is 3.26. The molecule has 1 nitrogen and oxygen atoms in total. The number of hydrogen-bond acceptors (Lipinski definition) is 1. The quantitative estimate of drug-likeness (QED) is 0.747. The minimum absolute atomic E-state index is 0.514. The van der Waals surface area contributed by atoms with Gasteiger partial charge in [0, 0.05) is 4.47 Å². The van der Waals surface area contributed by atoms with Crippen LogP contribution in [0.4, 0.5) is 0 Å². The molecule has 1 rings (SSSR count). The van der Waals surface area contributed by atoms with Crippen LogP contribution in [0, 0.1) is 6.92 Å². The van der Waals surface area contributed by atoms with Gasteiger partial charge in [0.05, 0.1) is 17.2 Å². The smallest absolute Gasteiger partial charge is 0.156 e. The van der Waals surface area contributed by atoms with Crippen molar-refractivity contribution in [2.75, 3.05) is 7.11 Å². The Morgan fingerprint density at radius 3 is 2.50 bits per heavy atom. The lowest BCUT2D eigenvalue weighted by Crippen LogP contribution is -1.88. The largest absolute Gasteiger partial charge is 0.494 e. The van der Waals surface area contributed by atoms with Crippen LogP contribution in [0.1, 0.15) is 5.56 Å². The normalized spacial score (nSPS) is 10.1. The summed E-state index contributed by atoms with van der Waals surface area (Å²) in [6, 6.07) is 1.77. The molecule has 0 aliphatic rings. The number of benzene rings is 1. The summed E-state index contributed by atoms with van der Waals surface area (Å²) in [5.41, 5.74) is 0.929. The minimum atomic E-state index is 0.514. The van der Waals surface area contributed by atoms with Crippen molar-refractivity contribution in [3.8, 4) is 5.75 Å². The molecule has 0 saturated heterocycles. The van der Waals surface area contributed by atoms with Crippen LogP contribution in [-0.4, -0.2) is 7.11 Å². The molecule has 0 fully saturated rings. The van der Waals surface area contributed by atoms with E-state index < -0.39 is 0 Å². The van der Waals surface area contributed by atoms with Crippen molar-refractivity contribution in [2.45, 2.75) is 6.92 Å². The van der Waals surface area contributed by atoms with Gasteiger partial charge in [-0.1, -0.05) is 39.1 Å². The molecular formula is C8H7BrCl2O. The van der Waals surface area contributed by atoms with Crippen LogP contribution in [0.15, 0.2) is 10.5 Å². The van der Waals surface area contributed by atoms with Gasteiger partial charge in [0.25, 0.3) is 0 Å². The average molecular weight is 270 g/mol. The molecule has 0 amide bonds. The van der Waals surface area contributed by atoms with Crippen LogP contribution >= 0.6 is 39.1 Å². The first kappa shape index (κ1) is 10.2. The molecule has 0 spiro atoms. The lowest BCUT2D eigenvalue weighted by atomic mass is 10.2. The molecule has 1 aromatic rings. The Bertz CT molecular complexity index is 312. The van der Waals surface area contributed by atoms with E-state index in [0.29, 0.717) is 15.8 Å². The van der Waals surface area contributed by atoms with Gasteiger partial charge in [-0.25, -0.2) is 0 Å². The first-order chi connectivity index (χ1) is 5.57. The Morgan fingerprint density at radius 2 is 2.00 bits per heavy atom. The van der Waals surface area contributed by atoms with Crippen LogP contribution in [0.5, 0.6) is 5.75 Å². The van der Waals surface area contributed by atoms with E-state index in [-0.39, 0.29) is 0 Å². The van der Waals surface area contributed by atoms with Gasteiger partial charge in [0.2, 0.25) is 0 Å². The minimum Gasteiger partial charge on any atom is -0.494 e. The molecular weight excluding hydrogens is 263 g/mol. The third-order valence-corrected chi connectivity index (χ3v) is 3.12. The zero-order chi connectivity index (χ0) is 9.30. The van der Waals surface area contributed by atoms with E-state index in [1.165, 1.54) is 0 Å². The fourth-order valence-corrected chi connectivity index (χ4v) is 2.14. The maximum absolute atomic E-state index is 5.96. The average Bonchev–Trinajstić information content (AvgIpc) is 2.01. The molecule has 0 heterocycles. The molecule has 4 heteroatoms. The highest BCUT2D eigenvalue weighted by Crippen LogP contribution is 2.38. The molecule has 0 aliphatic carbocycles. The summed E-state index contributed by atoms with van der Waals surface area (Å²) in [7, 11) is 1.54. The van der Waals surface area contributed by atoms with Gasteiger partial charge in [-0.05, 0) is 18.6 Å². The molecule has 0 aromatic heterocycles. The molecule has 0 bridgehead atoms. The lowest BCUT2D eigenvalue weighted by Gasteiger charge is -2.09. The van der Waals surface area contributed by atoms with Gasteiger partial charge in [0.15, 0.2) is 5.75 Å². The number of rotatable bonds is 1. The molecule has 1 aromatic carbocycles. The predicted molar refractivity (Wildman–Crippen MR) is 55.5 cm³/mol. The summed E-state index contributed by atoms with van der Waals surface area (Å²) >= 11 is 15.2. The second-order valence-corrected chi connectivity index (χ2v) is 3.95. The van der Waals surface area contributed by atoms with Crippen molar-refractivity contribution in [1.29, 1.82) is 0 Å². The first-order valence-corrected chi connectivity index (χ1v) is 4.81. The van der Waals surface area contributed by atoms with Crippen LogP contribution in [0.3, 0.4) is 0 Å². The third-order valence-electron chi connectivity index (χ3n) is 1.56. The van der Waals surface area contributed by atoms with E-state index in [2.05, 4.69) is 15.9 Å². The fraction of sp³-hybridized carbons (Fsp3) is 0.250. The van der Waals surface area contributed by atoms with Crippen LogP contribution < -0.4 is 4.74 Å². The van der Waals surface area contributed by atoms with Crippen LogP contribution in [0.25, 0.3) is 0 Å². The van der Waals surface area contributed by atoms with Crippen LogP contribution in [0.2, 0.25) is 10.0 Å². The Hall–Kier alpha value is 0.0800. The van der Waals surface area contributed by atoms with Gasteiger partial charge < -0.3 is 4.74 Å². The van der Waals surface area contributed by atoms with E-state index in [0.717, 1.165) is 10.0 Å². The van der Waals surface area contributed by atoms with Crippen molar-refractivity contribution in [1.82, 2.24) is 0 Å². The molecule has 0 atom stereocenters. The standard InChI is InChI=1S/C8H7BrCl2O/c1-4-5(9)3-6(10)8(12-2)7(4)11/h3H,1-2H3. The number of hydrogen-bond donors (Lipinski definition) is 0. The van der Waals surface area contributed by atoms with Gasteiger partial charge in [-0.2, -0.15) is 0 Å². The van der Waals surface area contributed by atoms with Gasteiger partial charge >= 0.3 is 0 Å². The fourth-order valence-electron chi connectivity index (χ4n) is 0.852. The summed E-state index contributed by atoms with van der Waals surface area (Å²) in [5.74, 6) is 0.527. The molecule has 12 heavy (non-hydrogen) atoms. The summed E-state index contributed by atoms with van der Waals surface area (Å²) in [6.07, 6.45) is 0. The monoisotopic (exact) mass is 268 g/mol. The van der Waals surface area contributed by atoms with Crippen molar-refractivity contribution in [3.63, 3.8) is 0 Å². The van der Waals surface area contributed by atoms with Gasteiger partial charge in [0.1, 0.15) is 0 Å². The maximum atomic E-state index is 5.96. The van der Waals surface area contributed by atoms with E-state index in [9.17, 15) is 0 Å². The summed E-state index contributed by atoms with van der Waals surface area (Å²) < 4.78 is 5.91. The number of halogens is 3. The second-order valence-electron chi connectivity index (χ2n) is 2.31. The van der Waals surface area contributed by atoms with Gasteiger partial charge in [-0.3, -0.25) is 0 Å². The van der Waals surface area contributed by atoms with E-state index in [1.807, 2.05) is 6.92 Å². The molecule has 0 N–H and O–H groups in total. The topological polar surface area (TPSA) is 9.23 Å². The summed E-state index contributed by atoms with van der Waals surface area (Å²) in [6.45, 7) is 1.89. The molecule has 0 radical (unpaired) electrons. The number of methoxy groups -OCH3 is 1. The Morgan fingerprint density at radius 1 is 1.42 bits per heavy atom. The predicted octanol–water partition coefficient (Wildman–Crippen LogP) is 4.07. The van der Waals surface area contributed by atoms with E-state index in [1.54, 1.807) is 13.2 Å². The maximum Gasteiger partial charge on any atom is 0.156 e. The number of ether oxygens (including phenoxy) is 1. The Balaban J connectivity index is 3.40. The summed E-state index contributed by atoms with van der Waals surface area (Å²) in [5, 5.41) is 1.07. The second kappa shape index (κ2) is 3.86. The molecule has 66 valence electrons. The van der Waals surface area contributed by atoms with Crippen molar-refractivity contribution >= 4 is 39.1 Å². The van der Waals surface area contributed by atoms with Crippen molar-refractivity contribution < 1.29 is 4.74 Å². The van der Waals surface area contributed by atoms with Gasteiger partial charge in [-0.15, -0.1) is 0 Å². The van der Waals surface area contributed by atoms with E-state index in [4.69, 9.17) is 27.9 Å². The van der Waals surface area contributed by atoms with Crippen molar-refractivity contribution in [2.24, 2.45) is 0 Å². The Labute approximate surface area is 89.7 Å². The molecule has 0 unspecified atom stereocenters. The lowest BCUT2D eigenvalue weighted by molar-refractivity contribution is 0.415. The zero-order valence-electron chi connectivity index (χ0n) is 6.62. The van der Waals surface area contributed by atoms with E-state index >= 15 is 0 Å². The van der Waals surface area contributed by atoms with Crippen molar-refractivity contribution in [3.05, 3.63) is 26.1 Å². The molecule has 0 aliphatic heterocycles. The Kier molecular flexibility index (Phi) is 3.27. The SMILES string of the molecule is COc1c(Cl)cc(Br)c(C)c1Cl. The molecule has 0 saturated carbocycles. The highest BCUT2D eigenvalue weighted by molar-refractivity contribution is 9.10.